The second-order valence-electron chi connectivity index (χ2n) is 3.04. The number of hydrazine groups is 1. The molecule has 0 radical (unpaired) electrons. The summed E-state index contributed by atoms with van der Waals surface area (Å²) >= 11 is 0. The fourth-order valence-electron chi connectivity index (χ4n) is 0.932. The summed E-state index contributed by atoms with van der Waals surface area (Å²) in [6.07, 6.45) is 0. The van der Waals surface area contributed by atoms with E-state index in [4.69, 9.17) is 10.2 Å². The maximum absolute atomic E-state index is 11.4. The molecule has 0 fully saturated rings. The van der Waals surface area contributed by atoms with Crippen LogP contribution in [0.15, 0.2) is 18.2 Å². The van der Waals surface area contributed by atoms with Crippen molar-refractivity contribution in [2.75, 3.05) is 14.1 Å². The highest BCUT2D eigenvalue weighted by atomic mass is 16.3. The number of hydrogen-bond acceptors (Lipinski definition) is 4. The van der Waals surface area contributed by atoms with Gasteiger partial charge in [0.05, 0.1) is 0 Å². The molecule has 1 rings (SSSR count). The van der Waals surface area contributed by atoms with Gasteiger partial charge in [0, 0.05) is 19.7 Å². The number of carbonyl (C=O) groups is 1. The fraction of sp³-hybridized carbons (Fsp3) is 0.222. The van der Waals surface area contributed by atoms with Crippen molar-refractivity contribution in [1.29, 1.82) is 0 Å². The van der Waals surface area contributed by atoms with E-state index < -0.39 is 0 Å². The molecule has 0 saturated carbocycles. The van der Waals surface area contributed by atoms with Crippen LogP contribution in [-0.4, -0.2) is 35.2 Å². The number of phenols is 2. The minimum Gasteiger partial charge on any atom is -0.504 e. The van der Waals surface area contributed by atoms with Gasteiger partial charge in [-0.1, -0.05) is 0 Å². The van der Waals surface area contributed by atoms with Crippen LogP contribution in [0, 0.1) is 0 Å². The van der Waals surface area contributed by atoms with Gasteiger partial charge >= 0.3 is 0 Å². The van der Waals surface area contributed by atoms with Crippen molar-refractivity contribution in [3.05, 3.63) is 23.8 Å². The zero-order valence-corrected chi connectivity index (χ0v) is 7.98. The molecule has 0 unspecified atom stereocenters. The lowest BCUT2D eigenvalue weighted by Crippen LogP contribution is -2.36. The maximum atomic E-state index is 11.4. The normalized spacial score (nSPS) is 10.2. The molecule has 1 aromatic rings. The molecule has 0 saturated heterocycles. The Morgan fingerprint density at radius 2 is 1.93 bits per heavy atom. The van der Waals surface area contributed by atoms with Crippen LogP contribution in [0.2, 0.25) is 0 Å². The minimum atomic E-state index is -0.342. The average molecular weight is 196 g/mol. The molecule has 0 aliphatic rings. The van der Waals surface area contributed by atoms with Gasteiger partial charge in [-0.2, -0.15) is 0 Å². The van der Waals surface area contributed by atoms with Gasteiger partial charge in [0.15, 0.2) is 11.5 Å². The molecule has 5 heteroatoms. The van der Waals surface area contributed by atoms with Gasteiger partial charge in [0.1, 0.15) is 0 Å². The highest BCUT2D eigenvalue weighted by Gasteiger charge is 2.08. The van der Waals surface area contributed by atoms with E-state index in [1.54, 1.807) is 14.1 Å². The quantitative estimate of drug-likeness (QED) is 0.470. The van der Waals surface area contributed by atoms with Crippen molar-refractivity contribution in [3.8, 4) is 11.5 Å². The first-order valence-electron chi connectivity index (χ1n) is 4.01. The molecule has 0 aliphatic heterocycles. The number of benzene rings is 1. The van der Waals surface area contributed by atoms with Crippen LogP contribution in [0.1, 0.15) is 10.4 Å². The lowest BCUT2D eigenvalue weighted by atomic mass is 10.2. The van der Waals surface area contributed by atoms with Gasteiger partial charge in [-0.05, 0) is 18.2 Å². The maximum Gasteiger partial charge on any atom is 0.265 e. The molecule has 3 N–H and O–H groups in total. The van der Waals surface area contributed by atoms with Crippen LogP contribution in [0.25, 0.3) is 0 Å². The van der Waals surface area contributed by atoms with Crippen LogP contribution < -0.4 is 5.43 Å². The van der Waals surface area contributed by atoms with E-state index in [1.807, 2.05) is 0 Å². The summed E-state index contributed by atoms with van der Waals surface area (Å²) in [6.45, 7) is 0. The Morgan fingerprint density at radius 1 is 1.29 bits per heavy atom. The average Bonchev–Trinajstić information content (AvgIpc) is 2.08. The van der Waals surface area contributed by atoms with Crippen LogP contribution in [0.5, 0.6) is 11.5 Å². The third-order valence-corrected chi connectivity index (χ3v) is 1.56. The van der Waals surface area contributed by atoms with E-state index >= 15 is 0 Å². The number of carbonyl (C=O) groups excluding carboxylic acids is 1. The van der Waals surface area contributed by atoms with Crippen LogP contribution in [0.4, 0.5) is 0 Å². The first-order valence-corrected chi connectivity index (χ1v) is 4.01. The van der Waals surface area contributed by atoms with E-state index in [2.05, 4.69) is 5.43 Å². The fourth-order valence-corrected chi connectivity index (χ4v) is 0.932. The van der Waals surface area contributed by atoms with Gasteiger partial charge in [-0.3, -0.25) is 10.2 Å². The summed E-state index contributed by atoms with van der Waals surface area (Å²) in [5, 5.41) is 19.6. The lowest BCUT2D eigenvalue weighted by molar-refractivity contribution is 0.0856. The number of hydrogen-bond donors (Lipinski definition) is 3. The topological polar surface area (TPSA) is 72.8 Å². The lowest BCUT2D eigenvalue weighted by Gasteiger charge is -2.11. The molecule has 0 heterocycles. The highest BCUT2D eigenvalue weighted by molar-refractivity contribution is 5.94. The van der Waals surface area contributed by atoms with Crippen molar-refractivity contribution in [2.24, 2.45) is 0 Å². The SMILES string of the molecule is CN(C)NC(=O)c1ccc(O)c(O)c1. The predicted molar refractivity (Wildman–Crippen MR) is 50.9 cm³/mol. The van der Waals surface area contributed by atoms with E-state index in [9.17, 15) is 4.79 Å². The van der Waals surface area contributed by atoms with Gasteiger partial charge in [-0.15, -0.1) is 0 Å². The largest absolute Gasteiger partial charge is 0.504 e. The molecular formula is C9H12N2O3. The Balaban J connectivity index is 2.86. The number of aromatic hydroxyl groups is 2. The second kappa shape index (κ2) is 3.97. The van der Waals surface area contributed by atoms with Crippen molar-refractivity contribution < 1.29 is 15.0 Å². The molecule has 0 atom stereocenters. The van der Waals surface area contributed by atoms with Crippen LogP contribution in [0.3, 0.4) is 0 Å². The second-order valence-corrected chi connectivity index (χ2v) is 3.04. The summed E-state index contributed by atoms with van der Waals surface area (Å²) < 4.78 is 0. The number of rotatable bonds is 2. The predicted octanol–water partition coefficient (Wildman–Crippen LogP) is 0.304. The van der Waals surface area contributed by atoms with Gasteiger partial charge in [0.2, 0.25) is 0 Å². The van der Waals surface area contributed by atoms with E-state index in [-0.39, 0.29) is 23.0 Å². The van der Waals surface area contributed by atoms with Gasteiger partial charge in [0.25, 0.3) is 5.91 Å². The molecule has 1 aromatic carbocycles. The molecule has 1 amide bonds. The van der Waals surface area contributed by atoms with Crippen LogP contribution in [-0.2, 0) is 0 Å². The van der Waals surface area contributed by atoms with Crippen molar-refractivity contribution >= 4 is 5.91 Å². The van der Waals surface area contributed by atoms with Crippen molar-refractivity contribution in [3.63, 3.8) is 0 Å². The van der Waals surface area contributed by atoms with E-state index in [0.717, 1.165) is 0 Å². The zero-order valence-electron chi connectivity index (χ0n) is 7.98. The summed E-state index contributed by atoms with van der Waals surface area (Å²) in [4.78, 5) is 11.4. The first kappa shape index (κ1) is 10.3. The minimum absolute atomic E-state index is 0.244. The molecule has 76 valence electrons. The number of phenolic OH excluding ortho intramolecular Hbond substituents is 2. The van der Waals surface area contributed by atoms with Crippen LogP contribution >= 0.6 is 0 Å². The number of nitrogens with zero attached hydrogens (tertiary/aromatic N) is 1. The summed E-state index contributed by atoms with van der Waals surface area (Å²) in [7, 11) is 3.36. The van der Waals surface area contributed by atoms with Gasteiger partial charge in [-0.25, -0.2) is 5.01 Å². The molecular weight excluding hydrogens is 184 g/mol. The monoisotopic (exact) mass is 196 g/mol. The third-order valence-electron chi connectivity index (χ3n) is 1.56. The van der Waals surface area contributed by atoms with Gasteiger partial charge < -0.3 is 10.2 Å². The first-order chi connectivity index (χ1) is 6.50. The Bertz CT molecular complexity index is 350. The number of amides is 1. The third kappa shape index (κ3) is 2.37. The van der Waals surface area contributed by atoms with E-state index in [1.165, 1.54) is 23.2 Å². The molecule has 14 heavy (non-hydrogen) atoms. The zero-order chi connectivity index (χ0) is 10.7. The van der Waals surface area contributed by atoms with Crippen molar-refractivity contribution in [2.45, 2.75) is 0 Å². The molecule has 0 aromatic heterocycles. The van der Waals surface area contributed by atoms with Crippen molar-refractivity contribution in [1.82, 2.24) is 10.4 Å². The summed E-state index contributed by atoms with van der Waals surface area (Å²) in [6, 6.07) is 3.89. The molecule has 0 bridgehead atoms. The summed E-state index contributed by atoms with van der Waals surface area (Å²) in [5.41, 5.74) is 2.79. The highest BCUT2D eigenvalue weighted by Crippen LogP contribution is 2.24. The van der Waals surface area contributed by atoms with E-state index in [0.29, 0.717) is 0 Å². The molecule has 0 spiro atoms. The number of nitrogens with one attached hydrogen (secondary N) is 1. The molecule has 5 nitrogen and oxygen atoms in total. The molecule has 0 aliphatic carbocycles. The Kier molecular flexibility index (Phi) is 2.93. The smallest absolute Gasteiger partial charge is 0.265 e. The summed E-state index contributed by atoms with van der Waals surface area (Å²) in [5.74, 6) is -0.895. The Labute approximate surface area is 81.6 Å². The standard InChI is InChI=1S/C9H12N2O3/c1-11(2)10-9(14)6-3-4-7(12)8(13)5-6/h3-5,12-13H,1-2H3,(H,10,14). The Hall–Kier alpha value is -1.75. The Morgan fingerprint density at radius 3 is 2.43 bits per heavy atom.